The molecular formula is C8H10N2O3S. The van der Waals surface area contributed by atoms with Crippen LogP contribution < -0.4 is 14.8 Å². The van der Waals surface area contributed by atoms with Crippen LogP contribution in [-0.4, -0.2) is 21.4 Å². The molecule has 14 heavy (non-hydrogen) atoms. The van der Waals surface area contributed by atoms with Gasteiger partial charge in [-0.15, -0.1) is 0 Å². The van der Waals surface area contributed by atoms with Crippen molar-refractivity contribution in [2.45, 2.75) is 0 Å². The van der Waals surface area contributed by atoms with E-state index < -0.39 is 10.0 Å². The number of anilines is 2. The number of rotatable bonds is 0. The van der Waals surface area contributed by atoms with Gasteiger partial charge in [0.2, 0.25) is 5.94 Å². The molecule has 0 amide bonds. The van der Waals surface area contributed by atoms with Crippen LogP contribution in [-0.2, 0) is 10.0 Å². The van der Waals surface area contributed by atoms with Crippen molar-refractivity contribution in [1.82, 2.24) is 0 Å². The van der Waals surface area contributed by atoms with Gasteiger partial charge in [0.05, 0.1) is 5.69 Å². The van der Waals surface area contributed by atoms with Crippen LogP contribution >= 0.6 is 0 Å². The maximum atomic E-state index is 11.4. The summed E-state index contributed by atoms with van der Waals surface area (Å²) in [5, 5.41) is 0. The van der Waals surface area contributed by atoms with E-state index in [1.165, 1.54) is 11.4 Å². The summed E-state index contributed by atoms with van der Waals surface area (Å²) < 4.78 is 29.1. The van der Waals surface area contributed by atoms with E-state index in [1.807, 2.05) is 0 Å². The zero-order chi connectivity index (χ0) is 10.3. The summed E-state index contributed by atoms with van der Waals surface area (Å²) in [6, 6.07) is 4.91. The van der Waals surface area contributed by atoms with Crippen molar-refractivity contribution in [3.8, 4) is 5.75 Å². The van der Waals surface area contributed by atoms with E-state index in [4.69, 9.17) is 10.5 Å². The van der Waals surface area contributed by atoms with Gasteiger partial charge in [-0.1, -0.05) is 0 Å². The van der Waals surface area contributed by atoms with Crippen molar-refractivity contribution in [3.63, 3.8) is 0 Å². The average molecular weight is 214 g/mol. The minimum absolute atomic E-state index is 0.319. The van der Waals surface area contributed by atoms with Crippen LogP contribution in [0.15, 0.2) is 18.2 Å². The van der Waals surface area contributed by atoms with Crippen LogP contribution in [0.4, 0.5) is 11.4 Å². The summed E-state index contributed by atoms with van der Waals surface area (Å²) in [5.41, 5.74) is 6.55. The van der Waals surface area contributed by atoms with Gasteiger partial charge in [0.1, 0.15) is 5.75 Å². The Morgan fingerprint density at radius 1 is 1.50 bits per heavy atom. The summed E-state index contributed by atoms with van der Waals surface area (Å²) in [6.07, 6.45) is 0. The van der Waals surface area contributed by atoms with Gasteiger partial charge >= 0.3 is 0 Å². The number of nitrogen functional groups attached to an aromatic ring is 1. The highest BCUT2D eigenvalue weighted by atomic mass is 32.2. The lowest BCUT2D eigenvalue weighted by Crippen LogP contribution is -2.35. The lowest BCUT2D eigenvalue weighted by Gasteiger charge is -2.27. The normalized spacial score (nSPS) is 18.5. The molecule has 0 aromatic heterocycles. The SMILES string of the molecule is CN1c2cc(N)ccc2OCS1(=O)=O. The van der Waals surface area contributed by atoms with Crippen molar-refractivity contribution in [3.05, 3.63) is 18.2 Å². The summed E-state index contributed by atoms with van der Waals surface area (Å²) in [7, 11) is -1.85. The van der Waals surface area contributed by atoms with Crippen LogP contribution in [0.3, 0.4) is 0 Å². The molecule has 0 saturated heterocycles. The van der Waals surface area contributed by atoms with Crippen molar-refractivity contribution in [2.24, 2.45) is 0 Å². The molecule has 5 nitrogen and oxygen atoms in total. The minimum Gasteiger partial charge on any atom is -0.474 e. The number of hydrogen-bond donors (Lipinski definition) is 1. The molecule has 1 aliphatic rings. The quantitative estimate of drug-likeness (QED) is 0.634. The molecule has 0 unspecified atom stereocenters. The van der Waals surface area contributed by atoms with Crippen molar-refractivity contribution in [2.75, 3.05) is 23.0 Å². The Kier molecular flexibility index (Phi) is 1.81. The van der Waals surface area contributed by atoms with Gasteiger partial charge in [-0.2, -0.15) is 0 Å². The van der Waals surface area contributed by atoms with Gasteiger partial charge in [-0.05, 0) is 18.2 Å². The zero-order valence-corrected chi connectivity index (χ0v) is 8.41. The molecule has 0 atom stereocenters. The summed E-state index contributed by atoms with van der Waals surface area (Å²) in [6.45, 7) is 0. The number of sulfonamides is 1. The first-order valence-electron chi connectivity index (χ1n) is 3.99. The van der Waals surface area contributed by atoms with Gasteiger partial charge < -0.3 is 10.5 Å². The number of hydrogen-bond acceptors (Lipinski definition) is 4. The van der Waals surface area contributed by atoms with Crippen LogP contribution in [0.2, 0.25) is 0 Å². The predicted octanol–water partition coefficient (Wildman–Crippen LogP) is 0.385. The average Bonchev–Trinajstić information content (AvgIpc) is 2.13. The Morgan fingerprint density at radius 2 is 2.21 bits per heavy atom. The van der Waals surface area contributed by atoms with E-state index in [0.717, 1.165) is 0 Å². The first-order chi connectivity index (χ1) is 6.50. The topological polar surface area (TPSA) is 72.6 Å². The second-order valence-corrected chi connectivity index (χ2v) is 5.02. The van der Waals surface area contributed by atoms with Crippen LogP contribution in [0.1, 0.15) is 0 Å². The third-order valence-electron chi connectivity index (χ3n) is 2.10. The molecule has 0 aliphatic carbocycles. The predicted molar refractivity (Wildman–Crippen MR) is 53.7 cm³/mol. The molecule has 1 aliphatic heterocycles. The molecular weight excluding hydrogens is 204 g/mol. The van der Waals surface area contributed by atoms with Crippen molar-refractivity contribution < 1.29 is 13.2 Å². The van der Waals surface area contributed by atoms with E-state index in [-0.39, 0.29) is 5.94 Å². The molecule has 0 saturated carbocycles. The van der Waals surface area contributed by atoms with Crippen LogP contribution in [0.25, 0.3) is 0 Å². The summed E-state index contributed by atoms with van der Waals surface area (Å²) >= 11 is 0. The van der Waals surface area contributed by atoms with Gasteiger partial charge in [-0.3, -0.25) is 4.31 Å². The van der Waals surface area contributed by atoms with Crippen molar-refractivity contribution >= 4 is 21.4 Å². The Bertz CT molecular complexity index is 469. The number of ether oxygens (including phenoxy) is 1. The standard InChI is InChI=1S/C8H10N2O3S/c1-10-7-4-6(9)2-3-8(7)13-5-14(10,11)12/h2-4H,5,9H2,1H3. The number of nitrogens with two attached hydrogens (primary N) is 1. The van der Waals surface area contributed by atoms with E-state index >= 15 is 0 Å². The largest absolute Gasteiger partial charge is 0.474 e. The fourth-order valence-electron chi connectivity index (χ4n) is 1.27. The molecule has 2 N–H and O–H groups in total. The highest BCUT2D eigenvalue weighted by Gasteiger charge is 2.27. The molecule has 0 radical (unpaired) electrons. The Labute approximate surface area is 82.1 Å². The van der Waals surface area contributed by atoms with Crippen LogP contribution in [0, 0.1) is 0 Å². The molecule has 0 fully saturated rings. The Balaban J connectivity index is 2.59. The van der Waals surface area contributed by atoms with Gasteiger partial charge in [-0.25, -0.2) is 8.42 Å². The lowest BCUT2D eigenvalue weighted by molar-refractivity contribution is 0.370. The zero-order valence-electron chi connectivity index (χ0n) is 7.60. The maximum absolute atomic E-state index is 11.4. The number of fused-ring (bicyclic) bond motifs is 1. The third-order valence-corrected chi connectivity index (χ3v) is 3.55. The van der Waals surface area contributed by atoms with E-state index in [2.05, 4.69) is 0 Å². The first kappa shape index (κ1) is 9.14. The highest BCUT2D eigenvalue weighted by molar-refractivity contribution is 7.92. The number of nitrogens with zero attached hydrogens (tertiary/aromatic N) is 1. The molecule has 76 valence electrons. The monoisotopic (exact) mass is 214 g/mol. The molecule has 1 aromatic carbocycles. The fraction of sp³-hybridized carbons (Fsp3) is 0.250. The third kappa shape index (κ3) is 1.27. The smallest absolute Gasteiger partial charge is 0.270 e. The van der Waals surface area contributed by atoms with Gasteiger partial charge in [0, 0.05) is 12.7 Å². The molecule has 0 spiro atoms. The molecule has 1 aromatic rings. The van der Waals surface area contributed by atoms with E-state index in [1.54, 1.807) is 18.2 Å². The maximum Gasteiger partial charge on any atom is 0.270 e. The lowest BCUT2D eigenvalue weighted by atomic mass is 10.2. The number of benzene rings is 1. The second kappa shape index (κ2) is 2.78. The molecule has 2 rings (SSSR count). The van der Waals surface area contributed by atoms with E-state index in [0.29, 0.717) is 17.1 Å². The second-order valence-electron chi connectivity index (χ2n) is 3.07. The van der Waals surface area contributed by atoms with E-state index in [9.17, 15) is 8.42 Å². The Hall–Kier alpha value is -1.43. The van der Waals surface area contributed by atoms with Crippen LogP contribution in [0.5, 0.6) is 5.75 Å². The minimum atomic E-state index is -3.34. The summed E-state index contributed by atoms with van der Waals surface area (Å²) in [5.74, 6) is 0.219. The first-order valence-corrected chi connectivity index (χ1v) is 5.60. The summed E-state index contributed by atoms with van der Waals surface area (Å²) in [4.78, 5) is 0. The molecule has 1 heterocycles. The van der Waals surface area contributed by atoms with Gasteiger partial charge in [0.25, 0.3) is 10.0 Å². The molecule has 0 bridgehead atoms. The van der Waals surface area contributed by atoms with Gasteiger partial charge in [0.15, 0.2) is 0 Å². The molecule has 6 heteroatoms. The Morgan fingerprint density at radius 3 is 2.93 bits per heavy atom. The van der Waals surface area contributed by atoms with Crippen molar-refractivity contribution in [1.29, 1.82) is 0 Å². The highest BCUT2D eigenvalue weighted by Crippen LogP contribution is 2.34. The fourth-order valence-corrected chi connectivity index (χ4v) is 2.15.